The Kier molecular flexibility index (Phi) is 8.71. The van der Waals surface area contributed by atoms with Crippen LogP contribution in [0.4, 0.5) is 4.79 Å². The second-order valence-electron chi connectivity index (χ2n) is 5.65. The standard InChI is InChI=1S/C19H19BrIN3O4/c1-2-28-19(27)23-16(12-6-4-3-5-7-12)10-17(25)24-22-11-13-8-14(20)9-15(21)18(13)26/h3-9,11,16,26H,2,10H2,1H3,(H,23,27)(H,24,25)/b22-11-/t16-/m0/s1. The smallest absolute Gasteiger partial charge is 0.407 e. The zero-order chi connectivity index (χ0) is 20.5. The molecule has 0 aliphatic carbocycles. The summed E-state index contributed by atoms with van der Waals surface area (Å²) in [6, 6.07) is 12.0. The maximum absolute atomic E-state index is 12.3. The highest BCUT2D eigenvalue weighted by molar-refractivity contribution is 14.1. The number of hydrazone groups is 1. The number of alkyl carbamates (subject to hydrolysis) is 1. The summed E-state index contributed by atoms with van der Waals surface area (Å²) in [7, 11) is 0. The Bertz CT molecular complexity index is 862. The highest BCUT2D eigenvalue weighted by Crippen LogP contribution is 2.27. The number of ether oxygens (including phenoxy) is 1. The molecule has 0 spiro atoms. The summed E-state index contributed by atoms with van der Waals surface area (Å²) in [4.78, 5) is 24.1. The molecule has 2 aromatic carbocycles. The van der Waals surface area contributed by atoms with Gasteiger partial charge in [0.15, 0.2) is 0 Å². The quantitative estimate of drug-likeness (QED) is 0.270. The van der Waals surface area contributed by atoms with Gasteiger partial charge in [-0.2, -0.15) is 5.10 Å². The number of amides is 2. The average molecular weight is 560 g/mol. The lowest BCUT2D eigenvalue weighted by Crippen LogP contribution is -2.33. The van der Waals surface area contributed by atoms with Gasteiger partial charge in [-0.15, -0.1) is 0 Å². The van der Waals surface area contributed by atoms with E-state index in [9.17, 15) is 14.7 Å². The molecule has 0 fully saturated rings. The minimum atomic E-state index is -0.596. The molecule has 0 radical (unpaired) electrons. The van der Waals surface area contributed by atoms with Crippen molar-refractivity contribution in [3.8, 4) is 5.75 Å². The summed E-state index contributed by atoms with van der Waals surface area (Å²) in [5.74, 6) is -0.320. The van der Waals surface area contributed by atoms with Crippen molar-refractivity contribution in [3.63, 3.8) is 0 Å². The van der Waals surface area contributed by atoms with Gasteiger partial charge in [0.2, 0.25) is 5.91 Å². The van der Waals surface area contributed by atoms with E-state index in [0.717, 1.165) is 10.0 Å². The van der Waals surface area contributed by atoms with Crippen molar-refractivity contribution >= 4 is 56.7 Å². The Balaban J connectivity index is 2.04. The van der Waals surface area contributed by atoms with Crippen LogP contribution >= 0.6 is 38.5 Å². The lowest BCUT2D eigenvalue weighted by atomic mass is 10.0. The zero-order valence-corrected chi connectivity index (χ0v) is 18.7. The van der Waals surface area contributed by atoms with E-state index in [2.05, 4.69) is 31.8 Å². The molecule has 9 heteroatoms. The molecule has 0 aliphatic rings. The second kappa shape index (κ2) is 11.0. The monoisotopic (exact) mass is 559 g/mol. The first-order valence-electron chi connectivity index (χ1n) is 8.38. The topological polar surface area (TPSA) is 100 Å². The first-order valence-corrected chi connectivity index (χ1v) is 10.3. The van der Waals surface area contributed by atoms with Gasteiger partial charge in [-0.3, -0.25) is 4.79 Å². The van der Waals surface area contributed by atoms with Crippen molar-refractivity contribution in [3.05, 3.63) is 61.6 Å². The number of hydrogen-bond donors (Lipinski definition) is 3. The summed E-state index contributed by atoms with van der Waals surface area (Å²) >= 11 is 5.35. The Labute approximate surface area is 184 Å². The van der Waals surface area contributed by atoms with Crippen LogP contribution in [0.2, 0.25) is 0 Å². The highest BCUT2D eigenvalue weighted by Gasteiger charge is 2.18. The van der Waals surface area contributed by atoms with Crippen LogP contribution < -0.4 is 10.7 Å². The molecule has 2 rings (SSSR count). The molecular weight excluding hydrogens is 541 g/mol. The molecule has 0 saturated heterocycles. The minimum Gasteiger partial charge on any atom is -0.506 e. The Morgan fingerprint density at radius 2 is 2.04 bits per heavy atom. The molecule has 148 valence electrons. The number of phenolic OH excluding ortho intramolecular Hbond substituents is 1. The van der Waals surface area contributed by atoms with Crippen LogP contribution in [0, 0.1) is 3.57 Å². The third-order valence-electron chi connectivity index (χ3n) is 3.61. The summed E-state index contributed by atoms with van der Waals surface area (Å²) < 4.78 is 6.34. The van der Waals surface area contributed by atoms with E-state index in [0.29, 0.717) is 9.13 Å². The molecule has 28 heavy (non-hydrogen) atoms. The van der Waals surface area contributed by atoms with Crippen LogP contribution in [-0.4, -0.2) is 29.9 Å². The van der Waals surface area contributed by atoms with Crippen LogP contribution in [0.3, 0.4) is 0 Å². The van der Waals surface area contributed by atoms with Gasteiger partial charge in [-0.1, -0.05) is 46.3 Å². The number of halogens is 2. The third-order valence-corrected chi connectivity index (χ3v) is 4.89. The van der Waals surface area contributed by atoms with Crippen molar-refractivity contribution in [1.82, 2.24) is 10.7 Å². The van der Waals surface area contributed by atoms with Crippen LogP contribution in [-0.2, 0) is 9.53 Å². The third kappa shape index (κ3) is 6.79. The van der Waals surface area contributed by atoms with Crippen molar-refractivity contribution in [2.45, 2.75) is 19.4 Å². The predicted octanol–water partition coefficient (Wildman–Crippen LogP) is 4.09. The van der Waals surface area contributed by atoms with Crippen molar-refractivity contribution in [2.24, 2.45) is 5.10 Å². The van der Waals surface area contributed by atoms with Gasteiger partial charge < -0.3 is 15.2 Å². The molecular formula is C19H19BrIN3O4. The maximum Gasteiger partial charge on any atom is 0.407 e. The van der Waals surface area contributed by atoms with E-state index >= 15 is 0 Å². The van der Waals surface area contributed by atoms with Crippen LogP contribution in [0.15, 0.2) is 52.0 Å². The van der Waals surface area contributed by atoms with Gasteiger partial charge in [0.25, 0.3) is 0 Å². The summed E-state index contributed by atoms with van der Waals surface area (Å²) in [5, 5.41) is 16.6. The van der Waals surface area contributed by atoms with E-state index < -0.39 is 18.0 Å². The predicted molar refractivity (Wildman–Crippen MR) is 118 cm³/mol. The molecule has 0 aliphatic heterocycles. The maximum atomic E-state index is 12.3. The Hall–Kier alpha value is -2.14. The molecule has 0 aromatic heterocycles. The first kappa shape index (κ1) is 22.2. The molecule has 0 unspecified atom stereocenters. The molecule has 0 heterocycles. The van der Waals surface area contributed by atoms with Gasteiger partial charge >= 0.3 is 6.09 Å². The highest BCUT2D eigenvalue weighted by atomic mass is 127. The van der Waals surface area contributed by atoms with E-state index in [1.54, 1.807) is 19.1 Å². The summed E-state index contributed by atoms with van der Waals surface area (Å²) in [6.07, 6.45) is 0.736. The fourth-order valence-electron chi connectivity index (χ4n) is 2.34. The zero-order valence-electron chi connectivity index (χ0n) is 15.0. The fourth-order valence-corrected chi connectivity index (χ4v) is 3.89. The molecule has 3 N–H and O–H groups in total. The number of phenols is 1. The Morgan fingerprint density at radius 3 is 2.71 bits per heavy atom. The Morgan fingerprint density at radius 1 is 1.32 bits per heavy atom. The van der Waals surface area contributed by atoms with Crippen molar-refractivity contribution in [1.29, 1.82) is 0 Å². The van der Waals surface area contributed by atoms with Crippen molar-refractivity contribution in [2.75, 3.05) is 6.61 Å². The number of nitrogens with one attached hydrogen (secondary N) is 2. The number of carbonyl (C=O) groups excluding carboxylic acids is 2. The first-order chi connectivity index (χ1) is 13.4. The molecule has 1 atom stereocenters. The lowest BCUT2D eigenvalue weighted by Gasteiger charge is -2.18. The number of carbonyl (C=O) groups is 2. The minimum absolute atomic E-state index is 0.0256. The molecule has 2 amide bonds. The average Bonchev–Trinajstić information content (AvgIpc) is 2.66. The van der Waals surface area contributed by atoms with E-state index in [-0.39, 0.29) is 18.8 Å². The number of aromatic hydroxyl groups is 1. The molecule has 7 nitrogen and oxygen atoms in total. The second-order valence-corrected chi connectivity index (χ2v) is 7.73. The molecule has 2 aromatic rings. The summed E-state index contributed by atoms with van der Waals surface area (Å²) in [6.45, 7) is 1.94. The van der Waals surface area contributed by atoms with Gasteiger partial charge in [0.1, 0.15) is 5.75 Å². The van der Waals surface area contributed by atoms with Crippen LogP contribution in [0.25, 0.3) is 0 Å². The SMILES string of the molecule is CCOC(=O)N[C@@H](CC(=O)N/N=C\c1cc(Br)cc(I)c1O)c1ccccc1. The summed E-state index contributed by atoms with van der Waals surface area (Å²) in [5.41, 5.74) is 3.65. The van der Waals surface area contributed by atoms with E-state index in [1.165, 1.54) is 6.21 Å². The van der Waals surface area contributed by atoms with Gasteiger partial charge in [0.05, 0.1) is 28.9 Å². The lowest BCUT2D eigenvalue weighted by molar-refractivity contribution is -0.121. The van der Waals surface area contributed by atoms with E-state index in [1.807, 2.05) is 52.9 Å². The molecule has 0 bridgehead atoms. The van der Waals surface area contributed by atoms with Crippen molar-refractivity contribution < 1.29 is 19.4 Å². The number of rotatable bonds is 7. The van der Waals surface area contributed by atoms with Crippen LogP contribution in [0.1, 0.15) is 30.5 Å². The van der Waals surface area contributed by atoms with E-state index in [4.69, 9.17) is 4.74 Å². The van der Waals surface area contributed by atoms with Gasteiger partial charge in [-0.05, 0) is 47.2 Å². The van der Waals surface area contributed by atoms with Crippen LogP contribution in [0.5, 0.6) is 5.75 Å². The molecule has 0 saturated carbocycles. The largest absolute Gasteiger partial charge is 0.506 e. The van der Waals surface area contributed by atoms with Gasteiger partial charge in [0, 0.05) is 10.0 Å². The number of hydrogen-bond acceptors (Lipinski definition) is 5. The van der Waals surface area contributed by atoms with Gasteiger partial charge in [-0.25, -0.2) is 10.2 Å². The number of benzene rings is 2. The normalized spacial score (nSPS) is 11.8. The number of nitrogens with zero attached hydrogens (tertiary/aromatic N) is 1. The fraction of sp³-hybridized carbons (Fsp3) is 0.211.